The van der Waals surface area contributed by atoms with Gasteiger partial charge in [0.05, 0.1) is 13.4 Å². The van der Waals surface area contributed by atoms with Gasteiger partial charge in [-0.1, -0.05) is 11.6 Å². The van der Waals surface area contributed by atoms with Crippen LogP contribution in [0.4, 0.5) is 0 Å². The second-order valence-electron chi connectivity index (χ2n) is 2.58. The van der Waals surface area contributed by atoms with Gasteiger partial charge in [-0.25, -0.2) is 14.8 Å². The maximum absolute atomic E-state index is 11.3. The number of esters is 1. The van der Waals surface area contributed by atoms with E-state index in [1.807, 2.05) is 0 Å². The van der Waals surface area contributed by atoms with Crippen molar-refractivity contribution in [2.24, 2.45) is 0 Å². The zero-order chi connectivity index (χ0) is 10.1. The highest BCUT2D eigenvalue weighted by Crippen LogP contribution is 2.20. The minimum Gasteiger partial charge on any atom is -0.465 e. The van der Waals surface area contributed by atoms with Gasteiger partial charge in [0, 0.05) is 6.20 Å². The molecular formula is C8H6ClN3O2. The minimum atomic E-state index is -0.480. The molecule has 6 heteroatoms. The molecule has 5 nitrogen and oxygen atoms in total. The van der Waals surface area contributed by atoms with Crippen LogP contribution < -0.4 is 0 Å². The lowest BCUT2D eigenvalue weighted by atomic mass is 10.2. The molecule has 0 spiro atoms. The second-order valence-corrected chi connectivity index (χ2v) is 2.94. The van der Waals surface area contributed by atoms with E-state index < -0.39 is 5.97 Å². The molecule has 0 aliphatic rings. The Labute approximate surface area is 84.1 Å². The van der Waals surface area contributed by atoms with Crippen molar-refractivity contribution >= 4 is 28.6 Å². The minimum absolute atomic E-state index is 0.283. The molecule has 0 aliphatic carbocycles. The predicted molar refractivity (Wildman–Crippen MR) is 50.2 cm³/mol. The van der Waals surface area contributed by atoms with Crippen molar-refractivity contribution in [1.82, 2.24) is 15.0 Å². The summed E-state index contributed by atoms with van der Waals surface area (Å²) in [7, 11) is 1.30. The van der Waals surface area contributed by atoms with Crippen molar-refractivity contribution in [3.8, 4) is 0 Å². The maximum Gasteiger partial charge on any atom is 0.341 e. The van der Waals surface area contributed by atoms with E-state index in [2.05, 4.69) is 19.7 Å². The topological polar surface area (TPSA) is 67.9 Å². The average Bonchev–Trinajstić information content (AvgIpc) is 2.67. The number of aromatic nitrogens is 3. The number of nitrogens with one attached hydrogen (secondary N) is 1. The van der Waals surface area contributed by atoms with Crippen molar-refractivity contribution < 1.29 is 9.53 Å². The summed E-state index contributed by atoms with van der Waals surface area (Å²) in [4.78, 5) is 21.9. The highest BCUT2D eigenvalue weighted by Gasteiger charge is 2.14. The fraction of sp³-hybridized carbons (Fsp3) is 0.125. The Kier molecular flexibility index (Phi) is 2.09. The lowest BCUT2D eigenvalue weighted by Gasteiger charge is -1.99. The zero-order valence-corrected chi connectivity index (χ0v) is 8.00. The summed E-state index contributed by atoms with van der Waals surface area (Å²) >= 11 is 5.78. The molecule has 2 aromatic rings. The Hall–Kier alpha value is -1.62. The Morgan fingerprint density at radius 2 is 2.36 bits per heavy atom. The van der Waals surface area contributed by atoms with Gasteiger partial charge in [-0.05, 0) is 0 Å². The van der Waals surface area contributed by atoms with Crippen LogP contribution in [-0.4, -0.2) is 28.0 Å². The summed E-state index contributed by atoms with van der Waals surface area (Å²) in [5.41, 5.74) is 1.31. The molecule has 0 bridgehead atoms. The van der Waals surface area contributed by atoms with E-state index in [1.54, 1.807) is 0 Å². The van der Waals surface area contributed by atoms with Gasteiger partial charge in [-0.2, -0.15) is 0 Å². The Bertz CT molecular complexity index is 494. The maximum atomic E-state index is 11.3. The fourth-order valence-corrected chi connectivity index (χ4v) is 1.35. The number of imidazole rings is 1. The van der Waals surface area contributed by atoms with E-state index in [-0.39, 0.29) is 5.15 Å². The monoisotopic (exact) mass is 211 g/mol. The number of fused-ring (bicyclic) bond motifs is 1. The van der Waals surface area contributed by atoms with Crippen LogP contribution >= 0.6 is 11.6 Å². The first-order valence-corrected chi connectivity index (χ1v) is 4.17. The molecule has 0 aliphatic heterocycles. The summed E-state index contributed by atoms with van der Waals surface area (Å²) in [6, 6.07) is 0. The molecule has 0 radical (unpaired) electrons. The Morgan fingerprint density at radius 3 is 3.07 bits per heavy atom. The molecule has 14 heavy (non-hydrogen) atoms. The number of ether oxygens (including phenoxy) is 1. The number of methoxy groups -OCH3 is 1. The van der Waals surface area contributed by atoms with Crippen LogP contribution in [0.5, 0.6) is 0 Å². The van der Waals surface area contributed by atoms with Crippen LogP contribution in [0.3, 0.4) is 0 Å². The van der Waals surface area contributed by atoms with Crippen molar-refractivity contribution in [3.05, 3.63) is 23.2 Å². The first-order valence-electron chi connectivity index (χ1n) is 3.80. The number of nitrogens with zero attached hydrogens (tertiary/aromatic N) is 2. The highest BCUT2D eigenvalue weighted by molar-refractivity contribution is 6.34. The molecule has 0 amide bonds. The van der Waals surface area contributed by atoms with Gasteiger partial charge in [0.2, 0.25) is 0 Å². The fourth-order valence-electron chi connectivity index (χ4n) is 1.16. The largest absolute Gasteiger partial charge is 0.465 e. The smallest absolute Gasteiger partial charge is 0.341 e. The third-order valence-corrected chi connectivity index (χ3v) is 2.10. The van der Waals surface area contributed by atoms with Crippen LogP contribution in [0.2, 0.25) is 5.15 Å². The van der Waals surface area contributed by atoms with E-state index in [9.17, 15) is 4.79 Å². The number of pyridine rings is 1. The number of H-pyrrole nitrogens is 1. The van der Waals surface area contributed by atoms with E-state index in [4.69, 9.17) is 11.6 Å². The van der Waals surface area contributed by atoms with Crippen molar-refractivity contribution in [2.75, 3.05) is 7.11 Å². The number of hydrogen-bond acceptors (Lipinski definition) is 4. The molecule has 0 unspecified atom stereocenters. The summed E-state index contributed by atoms with van der Waals surface area (Å²) in [5, 5.41) is 0.283. The molecular weight excluding hydrogens is 206 g/mol. The molecule has 0 aromatic carbocycles. The van der Waals surface area contributed by atoms with Gasteiger partial charge in [0.15, 0.2) is 5.15 Å². The third-order valence-electron chi connectivity index (χ3n) is 1.81. The Balaban J connectivity index is 2.72. The summed E-state index contributed by atoms with van der Waals surface area (Å²) in [5.74, 6) is -0.480. The lowest BCUT2D eigenvalue weighted by Crippen LogP contribution is -2.03. The van der Waals surface area contributed by atoms with E-state index in [1.165, 1.54) is 19.6 Å². The van der Waals surface area contributed by atoms with Gasteiger partial charge in [0.1, 0.15) is 16.6 Å². The van der Waals surface area contributed by atoms with E-state index in [0.717, 1.165) is 0 Å². The van der Waals surface area contributed by atoms with E-state index >= 15 is 0 Å². The zero-order valence-electron chi connectivity index (χ0n) is 7.24. The Morgan fingerprint density at radius 1 is 1.57 bits per heavy atom. The van der Waals surface area contributed by atoms with Crippen LogP contribution in [0.1, 0.15) is 10.4 Å². The summed E-state index contributed by atoms with van der Waals surface area (Å²) in [6.07, 6.45) is 2.79. The molecule has 0 saturated carbocycles. The van der Waals surface area contributed by atoms with Crippen molar-refractivity contribution in [3.63, 3.8) is 0 Å². The number of aromatic amines is 1. The SMILES string of the molecule is COC(=O)c1cnc(Cl)c2[nH]cnc12. The lowest BCUT2D eigenvalue weighted by molar-refractivity contribution is 0.0602. The molecule has 0 saturated heterocycles. The molecule has 1 N–H and O–H groups in total. The van der Waals surface area contributed by atoms with Gasteiger partial charge in [-0.15, -0.1) is 0 Å². The van der Waals surface area contributed by atoms with Gasteiger partial charge in [-0.3, -0.25) is 0 Å². The molecule has 2 heterocycles. The average molecular weight is 212 g/mol. The highest BCUT2D eigenvalue weighted by atomic mass is 35.5. The molecule has 2 rings (SSSR count). The summed E-state index contributed by atoms with van der Waals surface area (Å²) in [6.45, 7) is 0. The van der Waals surface area contributed by atoms with Gasteiger partial charge >= 0.3 is 5.97 Å². The number of carbonyl (C=O) groups is 1. The normalized spacial score (nSPS) is 10.4. The number of hydrogen-bond donors (Lipinski definition) is 1. The molecule has 72 valence electrons. The molecule has 0 atom stereocenters. The van der Waals surface area contributed by atoms with Crippen molar-refractivity contribution in [1.29, 1.82) is 0 Å². The standard InChI is InChI=1S/C8H6ClN3O2/c1-14-8(13)4-2-10-7(9)6-5(4)11-3-12-6/h2-3H,1H3,(H,11,12). The molecule has 2 aromatic heterocycles. The van der Waals surface area contributed by atoms with Gasteiger partial charge < -0.3 is 9.72 Å². The second kappa shape index (κ2) is 3.26. The number of halogens is 1. The quantitative estimate of drug-likeness (QED) is 0.572. The van der Waals surface area contributed by atoms with Crippen LogP contribution in [0.25, 0.3) is 11.0 Å². The number of rotatable bonds is 1. The summed E-state index contributed by atoms with van der Waals surface area (Å²) < 4.78 is 4.58. The third kappa shape index (κ3) is 1.22. The first-order chi connectivity index (χ1) is 6.74. The van der Waals surface area contributed by atoms with E-state index in [0.29, 0.717) is 16.6 Å². The first kappa shape index (κ1) is 8.96. The van der Waals surface area contributed by atoms with Crippen LogP contribution in [-0.2, 0) is 4.74 Å². The molecule has 0 fully saturated rings. The van der Waals surface area contributed by atoms with Crippen molar-refractivity contribution in [2.45, 2.75) is 0 Å². The predicted octanol–water partition coefficient (Wildman–Crippen LogP) is 1.40. The van der Waals surface area contributed by atoms with Crippen LogP contribution in [0, 0.1) is 0 Å². The van der Waals surface area contributed by atoms with Gasteiger partial charge in [0.25, 0.3) is 0 Å². The van der Waals surface area contributed by atoms with Crippen LogP contribution in [0.15, 0.2) is 12.5 Å². The number of carbonyl (C=O) groups excluding carboxylic acids is 1.